The smallest absolute Gasteiger partial charge is 0.328 e. The summed E-state index contributed by atoms with van der Waals surface area (Å²) in [6.45, 7) is 5.28. The molecule has 0 N–H and O–H groups in total. The fourth-order valence-corrected chi connectivity index (χ4v) is 3.82. The van der Waals surface area contributed by atoms with E-state index in [1.165, 1.54) is 0 Å². The molecule has 1 aliphatic rings. The van der Waals surface area contributed by atoms with Crippen molar-refractivity contribution in [2.45, 2.75) is 26.3 Å². The molecule has 1 aromatic rings. The summed E-state index contributed by atoms with van der Waals surface area (Å²) in [5.74, 6) is 0.361. The molecule has 0 unspecified atom stereocenters. The molecule has 6 heteroatoms. The van der Waals surface area contributed by atoms with Crippen molar-refractivity contribution in [3.05, 3.63) is 35.9 Å². The highest BCUT2D eigenvalue weighted by Crippen LogP contribution is 2.24. The van der Waals surface area contributed by atoms with Crippen LogP contribution in [-0.4, -0.2) is 50.5 Å². The molecule has 0 aromatic heterocycles. The van der Waals surface area contributed by atoms with Crippen molar-refractivity contribution in [2.75, 3.05) is 31.2 Å². The summed E-state index contributed by atoms with van der Waals surface area (Å²) in [5, 5.41) is 0. The Balaban J connectivity index is 2.11. The zero-order chi connectivity index (χ0) is 16.9. The van der Waals surface area contributed by atoms with Gasteiger partial charge in [-0.05, 0) is 17.9 Å². The largest absolute Gasteiger partial charge is 0.464 e. The highest BCUT2D eigenvalue weighted by molar-refractivity contribution is 7.91. The predicted octanol–water partition coefficient (Wildman–Crippen LogP) is 2.05. The third kappa shape index (κ3) is 5.32. The van der Waals surface area contributed by atoms with E-state index in [9.17, 15) is 13.2 Å². The lowest BCUT2D eigenvalue weighted by Gasteiger charge is -2.33. The molecule has 0 radical (unpaired) electrons. The zero-order valence-corrected chi connectivity index (χ0v) is 14.6. The molecule has 0 saturated carbocycles. The molecule has 1 saturated heterocycles. The molecule has 1 fully saturated rings. The molecule has 128 valence electrons. The van der Waals surface area contributed by atoms with Crippen molar-refractivity contribution in [3.63, 3.8) is 0 Å². The second kappa shape index (κ2) is 7.93. The van der Waals surface area contributed by atoms with Gasteiger partial charge >= 0.3 is 5.97 Å². The first-order valence-electron chi connectivity index (χ1n) is 8.05. The summed E-state index contributed by atoms with van der Waals surface area (Å²) < 4.78 is 28.7. The van der Waals surface area contributed by atoms with Crippen LogP contribution in [0.2, 0.25) is 0 Å². The maximum absolute atomic E-state index is 12.6. The van der Waals surface area contributed by atoms with Crippen LogP contribution in [0.4, 0.5) is 0 Å². The zero-order valence-electron chi connectivity index (χ0n) is 13.8. The monoisotopic (exact) mass is 339 g/mol. The Morgan fingerprint density at radius 1 is 1.17 bits per heavy atom. The minimum absolute atomic E-state index is 0.0929. The molecule has 0 bridgehead atoms. The molecular formula is C17H25NO4S. The Labute approximate surface area is 138 Å². The van der Waals surface area contributed by atoms with E-state index in [1.807, 2.05) is 35.2 Å². The van der Waals surface area contributed by atoms with E-state index >= 15 is 0 Å². The van der Waals surface area contributed by atoms with Gasteiger partial charge in [0.05, 0.1) is 18.1 Å². The molecule has 5 nitrogen and oxygen atoms in total. The summed E-state index contributed by atoms with van der Waals surface area (Å²) in [6, 6.07) is 8.90. The van der Waals surface area contributed by atoms with Crippen LogP contribution in [0.5, 0.6) is 0 Å². The number of carbonyl (C=O) groups excluding carboxylic acids is 1. The van der Waals surface area contributed by atoms with E-state index in [0.717, 1.165) is 12.0 Å². The average Bonchev–Trinajstić information content (AvgIpc) is 2.50. The summed E-state index contributed by atoms with van der Waals surface area (Å²) in [4.78, 5) is 14.5. The Hall–Kier alpha value is -1.40. The normalized spacial score (nSPS) is 19.4. The Bertz CT molecular complexity index is 599. The van der Waals surface area contributed by atoms with Gasteiger partial charge in [-0.15, -0.1) is 0 Å². The SMILES string of the molecule is CC(C)CCOC(=O)[C@H](c1ccccc1)N1CCS(=O)(=O)CC1. The molecule has 0 amide bonds. The first-order valence-corrected chi connectivity index (χ1v) is 9.87. The van der Waals surface area contributed by atoms with Gasteiger partial charge in [0.15, 0.2) is 9.84 Å². The fraction of sp³-hybridized carbons (Fsp3) is 0.588. The van der Waals surface area contributed by atoms with Crippen molar-refractivity contribution in [3.8, 4) is 0 Å². The number of nitrogens with zero attached hydrogens (tertiary/aromatic N) is 1. The standard InChI is InChI=1S/C17H25NO4S/c1-14(2)8-11-22-17(19)16(15-6-4-3-5-7-15)18-9-12-23(20,21)13-10-18/h3-7,14,16H,8-13H2,1-2H3/t16-/m0/s1. The topological polar surface area (TPSA) is 63.7 Å². The van der Waals surface area contributed by atoms with Crippen molar-refractivity contribution >= 4 is 15.8 Å². The van der Waals surface area contributed by atoms with Crippen LogP contribution in [0.3, 0.4) is 0 Å². The van der Waals surface area contributed by atoms with Crippen LogP contribution in [-0.2, 0) is 19.4 Å². The van der Waals surface area contributed by atoms with Gasteiger partial charge in [0.25, 0.3) is 0 Å². The summed E-state index contributed by atoms with van der Waals surface area (Å²) >= 11 is 0. The highest BCUT2D eigenvalue weighted by atomic mass is 32.2. The lowest BCUT2D eigenvalue weighted by atomic mass is 10.1. The van der Waals surface area contributed by atoms with Crippen molar-refractivity contribution < 1.29 is 17.9 Å². The number of benzene rings is 1. The summed E-state index contributed by atoms with van der Waals surface area (Å²) in [5.41, 5.74) is 0.848. The van der Waals surface area contributed by atoms with Crippen molar-refractivity contribution in [1.29, 1.82) is 0 Å². The molecular weight excluding hydrogens is 314 g/mol. The number of carbonyl (C=O) groups is 1. The first kappa shape index (κ1) is 17.9. The van der Waals surface area contributed by atoms with Crippen molar-refractivity contribution in [1.82, 2.24) is 4.90 Å². The lowest BCUT2D eigenvalue weighted by molar-refractivity contribution is -0.150. The number of sulfone groups is 1. The van der Waals surface area contributed by atoms with Crippen LogP contribution in [0.15, 0.2) is 30.3 Å². The second-order valence-corrected chi connectivity index (χ2v) is 8.65. The van der Waals surface area contributed by atoms with E-state index in [2.05, 4.69) is 13.8 Å². The van der Waals surface area contributed by atoms with Crippen LogP contribution in [0, 0.1) is 5.92 Å². The van der Waals surface area contributed by atoms with Gasteiger partial charge < -0.3 is 4.74 Å². The molecule has 1 atom stereocenters. The highest BCUT2D eigenvalue weighted by Gasteiger charge is 2.33. The quantitative estimate of drug-likeness (QED) is 0.742. The maximum Gasteiger partial charge on any atom is 0.328 e. The lowest BCUT2D eigenvalue weighted by Crippen LogP contribution is -2.45. The van der Waals surface area contributed by atoms with Crippen molar-refractivity contribution in [2.24, 2.45) is 5.92 Å². The van der Waals surface area contributed by atoms with Crippen LogP contribution >= 0.6 is 0 Å². The molecule has 23 heavy (non-hydrogen) atoms. The predicted molar refractivity (Wildman–Crippen MR) is 89.8 cm³/mol. The van der Waals surface area contributed by atoms with Gasteiger partial charge in [0.1, 0.15) is 6.04 Å². The van der Waals surface area contributed by atoms with E-state index < -0.39 is 15.9 Å². The minimum Gasteiger partial charge on any atom is -0.464 e. The molecule has 1 heterocycles. The molecule has 1 aliphatic heterocycles. The molecule has 0 spiro atoms. The molecule has 0 aliphatic carbocycles. The average molecular weight is 339 g/mol. The van der Waals surface area contributed by atoms with E-state index in [4.69, 9.17) is 4.74 Å². The minimum atomic E-state index is -2.98. The second-order valence-electron chi connectivity index (χ2n) is 6.35. The first-order chi connectivity index (χ1) is 10.9. The van der Waals surface area contributed by atoms with Gasteiger partial charge in [-0.2, -0.15) is 0 Å². The summed E-state index contributed by atoms with van der Waals surface area (Å²) in [6.07, 6.45) is 0.821. The number of hydrogen-bond donors (Lipinski definition) is 0. The third-order valence-corrected chi connectivity index (χ3v) is 5.63. The van der Waals surface area contributed by atoms with Gasteiger partial charge in [-0.3, -0.25) is 4.90 Å². The van der Waals surface area contributed by atoms with Gasteiger partial charge in [0.2, 0.25) is 0 Å². The van der Waals surface area contributed by atoms with Crippen LogP contribution in [0.25, 0.3) is 0 Å². The van der Waals surface area contributed by atoms with E-state index in [0.29, 0.717) is 25.6 Å². The maximum atomic E-state index is 12.6. The van der Waals surface area contributed by atoms with Gasteiger partial charge in [-0.1, -0.05) is 44.2 Å². The van der Waals surface area contributed by atoms with Gasteiger partial charge in [-0.25, -0.2) is 13.2 Å². The Morgan fingerprint density at radius 3 is 2.35 bits per heavy atom. The fourth-order valence-electron chi connectivity index (χ4n) is 2.59. The Kier molecular flexibility index (Phi) is 6.18. The van der Waals surface area contributed by atoms with E-state index in [1.54, 1.807) is 0 Å². The van der Waals surface area contributed by atoms with E-state index in [-0.39, 0.29) is 17.5 Å². The van der Waals surface area contributed by atoms with Crippen LogP contribution < -0.4 is 0 Å². The third-order valence-electron chi connectivity index (χ3n) is 4.02. The number of hydrogen-bond acceptors (Lipinski definition) is 5. The Morgan fingerprint density at radius 2 is 1.78 bits per heavy atom. The molecule has 2 rings (SSSR count). The molecule has 1 aromatic carbocycles. The summed E-state index contributed by atoms with van der Waals surface area (Å²) in [7, 11) is -2.98. The number of rotatable bonds is 6. The van der Waals surface area contributed by atoms with Crippen LogP contribution in [0.1, 0.15) is 31.9 Å². The number of esters is 1. The van der Waals surface area contributed by atoms with Gasteiger partial charge in [0, 0.05) is 13.1 Å². The number of ether oxygens (including phenoxy) is 1.